The molecule has 0 aromatic heterocycles. The largest absolute Gasteiger partial charge is 0.204 e. The quantitative estimate of drug-likeness (QED) is 0.682. The summed E-state index contributed by atoms with van der Waals surface area (Å²) in [5.74, 6) is 0.591. The molecule has 0 saturated heterocycles. The monoisotopic (exact) mass is 190 g/mol. The van der Waals surface area contributed by atoms with Crippen molar-refractivity contribution >= 4 is 5.69 Å². The van der Waals surface area contributed by atoms with Gasteiger partial charge in [0.2, 0.25) is 0 Å². The first-order valence-corrected chi connectivity index (χ1v) is 5.08. The summed E-state index contributed by atoms with van der Waals surface area (Å²) in [6, 6.07) is 4.17. The third-order valence-corrected chi connectivity index (χ3v) is 2.85. The van der Waals surface area contributed by atoms with Gasteiger partial charge >= 0.3 is 0 Å². The van der Waals surface area contributed by atoms with Crippen molar-refractivity contribution in [3.63, 3.8) is 0 Å². The Kier molecular flexibility index (Phi) is 3.39. The summed E-state index contributed by atoms with van der Waals surface area (Å²) < 4.78 is 0. The highest BCUT2D eigenvalue weighted by Gasteiger charge is 2.08. The lowest BCUT2D eigenvalue weighted by Crippen LogP contribution is -1.95. The van der Waals surface area contributed by atoms with Gasteiger partial charge in [-0.05, 0) is 48.9 Å². The summed E-state index contributed by atoms with van der Waals surface area (Å²) in [5.41, 5.74) is 11.5. The van der Waals surface area contributed by atoms with Crippen LogP contribution in [0.3, 0.4) is 0 Å². The molecule has 2 heteroatoms. The first-order valence-electron chi connectivity index (χ1n) is 5.08. The molecule has 0 aliphatic heterocycles. The summed E-state index contributed by atoms with van der Waals surface area (Å²) in [7, 11) is 0. The molecule has 1 rings (SSSR count). The van der Waals surface area contributed by atoms with E-state index in [4.69, 9.17) is 5.53 Å². The first-order chi connectivity index (χ1) is 6.60. The molecule has 14 heavy (non-hydrogen) atoms. The SMILES string of the molecule is CCC(C)c1cc(C)c(N=N)cc1C. The van der Waals surface area contributed by atoms with Crippen molar-refractivity contribution < 1.29 is 0 Å². The van der Waals surface area contributed by atoms with E-state index in [-0.39, 0.29) is 0 Å². The molecule has 1 aromatic carbocycles. The van der Waals surface area contributed by atoms with Crippen molar-refractivity contribution in [2.24, 2.45) is 5.11 Å². The average Bonchev–Trinajstić information content (AvgIpc) is 2.19. The summed E-state index contributed by atoms with van der Waals surface area (Å²) in [6.07, 6.45) is 1.15. The molecule has 0 aliphatic carbocycles. The van der Waals surface area contributed by atoms with Crippen LogP contribution in [0.5, 0.6) is 0 Å². The van der Waals surface area contributed by atoms with E-state index >= 15 is 0 Å². The van der Waals surface area contributed by atoms with Gasteiger partial charge in [0, 0.05) is 0 Å². The average molecular weight is 190 g/mol. The molecule has 2 nitrogen and oxygen atoms in total. The normalized spacial score (nSPS) is 12.6. The van der Waals surface area contributed by atoms with Gasteiger partial charge in [-0.15, -0.1) is 0 Å². The van der Waals surface area contributed by atoms with Crippen LogP contribution < -0.4 is 0 Å². The second kappa shape index (κ2) is 4.36. The van der Waals surface area contributed by atoms with E-state index in [0.29, 0.717) is 5.92 Å². The molecular weight excluding hydrogens is 172 g/mol. The van der Waals surface area contributed by atoms with Crippen molar-refractivity contribution in [3.8, 4) is 0 Å². The number of hydrogen-bond donors (Lipinski definition) is 1. The lowest BCUT2D eigenvalue weighted by Gasteiger charge is -2.14. The van der Waals surface area contributed by atoms with Crippen LogP contribution in [-0.4, -0.2) is 0 Å². The fraction of sp³-hybridized carbons (Fsp3) is 0.500. The van der Waals surface area contributed by atoms with Gasteiger partial charge in [0.15, 0.2) is 0 Å². The van der Waals surface area contributed by atoms with Crippen molar-refractivity contribution in [1.29, 1.82) is 5.53 Å². The van der Waals surface area contributed by atoms with Gasteiger partial charge in [-0.25, -0.2) is 5.53 Å². The van der Waals surface area contributed by atoms with Crippen LogP contribution in [0.4, 0.5) is 5.69 Å². The Balaban J connectivity index is 3.21. The number of nitrogens with one attached hydrogen (secondary N) is 1. The molecular formula is C12H18N2. The lowest BCUT2D eigenvalue weighted by atomic mass is 9.92. The maximum atomic E-state index is 7.03. The number of nitrogens with zero attached hydrogens (tertiary/aromatic N) is 1. The molecule has 1 atom stereocenters. The summed E-state index contributed by atoms with van der Waals surface area (Å²) in [4.78, 5) is 0. The minimum Gasteiger partial charge on any atom is -0.204 e. The lowest BCUT2D eigenvalue weighted by molar-refractivity contribution is 0.727. The van der Waals surface area contributed by atoms with Crippen molar-refractivity contribution in [2.75, 3.05) is 0 Å². The molecule has 1 aromatic rings. The Morgan fingerprint density at radius 3 is 2.43 bits per heavy atom. The second-order valence-electron chi connectivity index (χ2n) is 3.92. The zero-order chi connectivity index (χ0) is 10.7. The highest BCUT2D eigenvalue weighted by molar-refractivity contribution is 5.50. The van der Waals surface area contributed by atoms with Gasteiger partial charge in [0.25, 0.3) is 0 Å². The molecule has 0 fully saturated rings. The third kappa shape index (κ3) is 2.00. The zero-order valence-corrected chi connectivity index (χ0v) is 9.39. The maximum absolute atomic E-state index is 7.03. The summed E-state index contributed by atoms with van der Waals surface area (Å²) >= 11 is 0. The highest BCUT2D eigenvalue weighted by atomic mass is 15.0. The van der Waals surface area contributed by atoms with Crippen LogP contribution >= 0.6 is 0 Å². The third-order valence-electron chi connectivity index (χ3n) is 2.85. The number of hydrogen-bond acceptors (Lipinski definition) is 2. The van der Waals surface area contributed by atoms with Crippen molar-refractivity contribution in [3.05, 3.63) is 28.8 Å². The van der Waals surface area contributed by atoms with Gasteiger partial charge < -0.3 is 0 Å². The van der Waals surface area contributed by atoms with E-state index in [1.54, 1.807) is 0 Å². The van der Waals surface area contributed by atoms with Gasteiger partial charge in [-0.2, -0.15) is 5.11 Å². The van der Waals surface area contributed by atoms with Crippen LogP contribution in [0.25, 0.3) is 0 Å². The molecule has 76 valence electrons. The smallest absolute Gasteiger partial charge is 0.0881 e. The minimum absolute atomic E-state index is 0.591. The first kappa shape index (κ1) is 10.9. The van der Waals surface area contributed by atoms with Gasteiger partial charge in [-0.3, -0.25) is 0 Å². The van der Waals surface area contributed by atoms with Crippen LogP contribution in [0.15, 0.2) is 17.2 Å². The van der Waals surface area contributed by atoms with E-state index in [2.05, 4.69) is 32.0 Å². The minimum atomic E-state index is 0.591. The molecule has 1 unspecified atom stereocenters. The Labute approximate surface area is 85.9 Å². The molecule has 0 amide bonds. The van der Waals surface area contributed by atoms with Crippen molar-refractivity contribution in [2.45, 2.75) is 40.0 Å². The Morgan fingerprint density at radius 1 is 1.29 bits per heavy atom. The van der Waals surface area contributed by atoms with E-state index in [1.165, 1.54) is 11.1 Å². The molecule has 0 spiro atoms. The standard InChI is InChI=1S/C12H18N2/c1-5-8(2)11-6-10(4)12(14-13)7-9(11)3/h6-8,13H,5H2,1-4H3. The summed E-state index contributed by atoms with van der Waals surface area (Å²) in [5, 5.41) is 3.51. The van der Waals surface area contributed by atoms with Gasteiger partial charge in [-0.1, -0.05) is 19.9 Å². The maximum Gasteiger partial charge on any atom is 0.0881 e. The van der Waals surface area contributed by atoms with Crippen LogP contribution in [0.2, 0.25) is 0 Å². The predicted molar refractivity (Wildman–Crippen MR) is 59.4 cm³/mol. The van der Waals surface area contributed by atoms with E-state index in [9.17, 15) is 0 Å². The summed E-state index contributed by atoms with van der Waals surface area (Å²) in [6.45, 7) is 8.54. The van der Waals surface area contributed by atoms with E-state index < -0.39 is 0 Å². The van der Waals surface area contributed by atoms with Crippen molar-refractivity contribution in [1.82, 2.24) is 0 Å². The molecule has 0 radical (unpaired) electrons. The Morgan fingerprint density at radius 2 is 1.93 bits per heavy atom. The molecule has 0 aliphatic rings. The Hall–Kier alpha value is -1.18. The van der Waals surface area contributed by atoms with Gasteiger partial charge in [0.1, 0.15) is 0 Å². The highest BCUT2D eigenvalue weighted by Crippen LogP contribution is 2.29. The molecule has 0 saturated carbocycles. The fourth-order valence-electron chi connectivity index (χ4n) is 1.69. The van der Waals surface area contributed by atoms with Crippen LogP contribution in [0.1, 0.15) is 42.9 Å². The Bertz CT molecular complexity index is 342. The predicted octanol–water partition coefficient (Wildman–Crippen LogP) is 4.48. The number of benzene rings is 1. The second-order valence-corrected chi connectivity index (χ2v) is 3.92. The van der Waals surface area contributed by atoms with E-state index in [1.807, 2.05) is 13.0 Å². The number of aryl methyl sites for hydroxylation is 2. The number of rotatable bonds is 3. The van der Waals surface area contributed by atoms with Crippen LogP contribution in [-0.2, 0) is 0 Å². The van der Waals surface area contributed by atoms with Gasteiger partial charge in [0.05, 0.1) is 5.69 Å². The molecule has 0 bridgehead atoms. The fourth-order valence-corrected chi connectivity index (χ4v) is 1.69. The molecule has 0 heterocycles. The zero-order valence-electron chi connectivity index (χ0n) is 9.39. The topological polar surface area (TPSA) is 36.2 Å². The molecule has 1 N–H and O–H groups in total. The van der Waals surface area contributed by atoms with Crippen LogP contribution in [0, 0.1) is 19.4 Å². The van der Waals surface area contributed by atoms with E-state index in [0.717, 1.165) is 17.7 Å².